The van der Waals surface area contributed by atoms with E-state index in [1.807, 2.05) is 0 Å². The van der Waals surface area contributed by atoms with Crippen LogP contribution in [0.2, 0.25) is 0 Å². The Morgan fingerprint density at radius 1 is 0.731 bits per heavy atom. The van der Waals surface area contributed by atoms with Crippen molar-refractivity contribution < 1.29 is 60.6 Å². The summed E-state index contributed by atoms with van der Waals surface area (Å²) in [5.74, 6) is -1.55. The van der Waals surface area contributed by atoms with Crippen LogP contribution >= 0.6 is 0 Å². The summed E-state index contributed by atoms with van der Waals surface area (Å²) in [5.41, 5.74) is 0. The van der Waals surface area contributed by atoms with E-state index in [1.54, 1.807) is 0 Å². The van der Waals surface area contributed by atoms with E-state index in [2.05, 4.69) is 4.74 Å². The molecule has 12 nitrogen and oxygen atoms in total. The third-order valence-electron chi connectivity index (χ3n) is 3.56. The van der Waals surface area contributed by atoms with Crippen molar-refractivity contribution in [1.82, 2.24) is 0 Å². The van der Waals surface area contributed by atoms with Gasteiger partial charge in [-0.1, -0.05) is 0 Å². The Bertz CT molecular complexity index is 399. The van der Waals surface area contributed by atoms with Gasteiger partial charge in [0.2, 0.25) is 0 Å². The normalized spacial score (nSPS) is 22.0. The van der Waals surface area contributed by atoms with E-state index < -0.39 is 74.1 Å². The molecule has 0 heterocycles. The molecule has 0 saturated carbocycles. The molecule has 9 atom stereocenters. The summed E-state index contributed by atoms with van der Waals surface area (Å²) >= 11 is 0. The van der Waals surface area contributed by atoms with Crippen molar-refractivity contribution in [3.63, 3.8) is 0 Å². The van der Waals surface area contributed by atoms with Gasteiger partial charge in [-0.2, -0.15) is 0 Å². The molecule has 0 aliphatic heterocycles. The van der Waals surface area contributed by atoms with Crippen LogP contribution in [0.25, 0.3) is 0 Å². The second-order valence-corrected chi connectivity index (χ2v) is 5.54. The van der Waals surface area contributed by atoms with Crippen LogP contribution in [0.4, 0.5) is 0 Å². The Balaban J connectivity index is 0. The van der Waals surface area contributed by atoms with Crippen molar-refractivity contribution in [3.8, 4) is 0 Å². The molecule has 0 spiro atoms. The zero-order chi connectivity index (χ0) is 19.9. The van der Waals surface area contributed by atoms with E-state index in [9.17, 15) is 40.5 Å². The molecule has 13 heteroatoms. The van der Waals surface area contributed by atoms with E-state index in [0.29, 0.717) is 0 Å². The molecule has 0 aromatic heterocycles. The molecule has 0 rings (SSSR count). The first-order valence-electron chi connectivity index (χ1n) is 7.36. The summed E-state index contributed by atoms with van der Waals surface area (Å²) in [6.07, 6.45) is -17.8. The van der Waals surface area contributed by atoms with Gasteiger partial charge in [0.05, 0.1) is 13.2 Å². The first kappa shape index (κ1) is 28.5. The van der Waals surface area contributed by atoms with Gasteiger partial charge in [-0.25, -0.2) is 4.79 Å². The number of carbonyl (C=O) groups is 1. The molecule has 0 aliphatic carbocycles. The van der Waals surface area contributed by atoms with Crippen LogP contribution in [0.1, 0.15) is 6.92 Å². The van der Waals surface area contributed by atoms with E-state index >= 15 is 0 Å². The maximum atomic E-state index is 11.7. The van der Waals surface area contributed by atoms with Crippen molar-refractivity contribution in [1.29, 1.82) is 0 Å². The summed E-state index contributed by atoms with van der Waals surface area (Å²) in [5, 5.41) is 93.0. The number of esters is 1. The second kappa shape index (κ2) is 13.5. The average molecular weight is 416 g/mol. The molecule has 0 unspecified atom stereocenters. The maximum absolute atomic E-state index is 11.7. The van der Waals surface area contributed by atoms with Gasteiger partial charge in [-0.3, -0.25) is 0 Å². The fraction of sp³-hybridized carbons (Fsp3) is 0.923. The van der Waals surface area contributed by atoms with Crippen LogP contribution in [0, 0.1) is 0 Å². The van der Waals surface area contributed by atoms with Gasteiger partial charge in [0.1, 0.15) is 48.8 Å². The van der Waals surface area contributed by atoms with Crippen molar-refractivity contribution in [3.05, 3.63) is 0 Å². The molecule has 0 bridgehead atoms. The Labute approximate surface area is 178 Å². The number of ether oxygens (including phenoxy) is 1. The molecule has 10 N–H and O–H groups in total. The van der Waals surface area contributed by atoms with Crippen molar-refractivity contribution >= 4 is 43.7 Å². The van der Waals surface area contributed by atoms with Gasteiger partial charge < -0.3 is 55.8 Å². The van der Waals surface area contributed by atoms with Crippen LogP contribution in [0.3, 0.4) is 0 Å². The van der Waals surface area contributed by atoms with Crippen LogP contribution in [0.15, 0.2) is 0 Å². The molecular formula is C13H28CaO12. The number of aliphatic hydroxyl groups excluding tert-OH is 10. The molecule has 0 amide bonds. The quantitative estimate of drug-likeness (QED) is 0.112. The number of aliphatic hydroxyl groups is 10. The summed E-state index contributed by atoms with van der Waals surface area (Å²) in [4.78, 5) is 11.7. The predicted octanol–water partition coefficient (Wildman–Crippen LogP) is -7.13. The zero-order valence-electron chi connectivity index (χ0n) is 13.4. The van der Waals surface area contributed by atoms with Gasteiger partial charge in [-0.15, -0.1) is 0 Å². The summed E-state index contributed by atoms with van der Waals surface area (Å²) in [7, 11) is 0. The number of hydrogen-bond donors (Lipinski definition) is 10. The molecular weight excluding hydrogens is 388 g/mol. The summed E-state index contributed by atoms with van der Waals surface area (Å²) in [6, 6.07) is 0. The first-order chi connectivity index (χ1) is 11.5. The van der Waals surface area contributed by atoms with Crippen molar-refractivity contribution in [2.75, 3.05) is 13.2 Å². The first-order valence-corrected chi connectivity index (χ1v) is 7.36. The average Bonchev–Trinajstić information content (AvgIpc) is 2.62. The van der Waals surface area contributed by atoms with Gasteiger partial charge in [0.15, 0.2) is 6.10 Å². The van der Waals surface area contributed by atoms with E-state index in [0.717, 1.165) is 6.92 Å². The molecule has 0 radical (unpaired) electrons. The minimum absolute atomic E-state index is 0. The van der Waals surface area contributed by atoms with Crippen LogP contribution < -0.4 is 0 Å². The van der Waals surface area contributed by atoms with Crippen molar-refractivity contribution in [2.24, 2.45) is 0 Å². The fourth-order valence-corrected chi connectivity index (χ4v) is 1.80. The van der Waals surface area contributed by atoms with E-state index in [-0.39, 0.29) is 37.7 Å². The van der Waals surface area contributed by atoms with Gasteiger partial charge in [0, 0.05) is 0 Å². The van der Waals surface area contributed by atoms with E-state index in [4.69, 9.17) is 15.3 Å². The van der Waals surface area contributed by atoms with Crippen LogP contribution in [-0.2, 0) is 9.53 Å². The van der Waals surface area contributed by atoms with E-state index in [1.165, 1.54) is 0 Å². The Hall–Kier alpha value is 0.330. The van der Waals surface area contributed by atoms with Gasteiger partial charge >= 0.3 is 43.7 Å². The van der Waals surface area contributed by atoms with Gasteiger partial charge in [-0.05, 0) is 6.92 Å². The molecule has 0 fully saturated rings. The van der Waals surface area contributed by atoms with Crippen LogP contribution in [-0.4, -0.2) is 163 Å². The standard InChI is InChI=1S/C13H26O12.Ca.2H/c1-4(7(18)8(19)5(16)2-14)25-13(24)12(23)11(22)10(21)9(20)6(17)3-15;;;/h4-12,14-23H,2-3H2,1H3;;;/t4-,5+,6+,7+,8+,9-,10+,11+,12+;;;/m0.../s1. The number of rotatable bonds is 11. The summed E-state index contributed by atoms with van der Waals surface area (Å²) in [6.45, 7) is -0.757. The zero-order valence-corrected chi connectivity index (χ0v) is 13.4. The third kappa shape index (κ3) is 8.14. The fourth-order valence-electron chi connectivity index (χ4n) is 1.80. The Morgan fingerprint density at radius 3 is 1.50 bits per heavy atom. The molecule has 0 aromatic carbocycles. The summed E-state index contributed by atoms with van der Waals surface area (Å²) < 4.78 is 4.57. The molecule has 154 valence electrons. The number of hydrogen-bond acceptors (Lipinski definition) is 12. The van der Waals surface area contributed by atoms with Gasteiger partial charge in [0.25, 0.3) is 0 Å². The Kier molecular flexibility index (Phi) is 14.8. The van der Waals surface area contributed by atoms with Crippen LogP contribution in [0.5, 0.6) is 0 Å². The molecule has 0 aliphatic rings. The topological polar surface area (TPSA) is 229 Å². The third-order valence-corrected chi connectivity index (χ3v) is 3.56. The number of carbonyl (C=O) groups excluding carboxylic acids is 1. The molecule has 0 aromatic rings. The molecule has 0 saturated heterocycles. The second-order valence-electron chi connectivity index (χ2n) is 5.54. The van der Waals surface area contributed by atoms with Crippen molar-refractivity contribution in [2.45, 2.75) is 61.9 Å². The SMILES string of the molecule is C[C@H](OC(=O)[C@H](O)[C@H](O)[C@H](O)[C@@H](O)[C@H](O)CO)[C@@H](O)[C@H](O)[C@H](O)CO.[CaH2]. The monoisotopic (exact) mass is 416 g/mol. The molecule has 26 heavy (non-hydrogen) atoms. The Morgan fingerprint density at radius 2 is 1.12 bits per heavy atom. The minimum atomic E-state index is -2.40. The predicted molar refractivity (Wildman–Crippen MR) is 86.3 cm³/mol.